The lowest BCUT2D eigenvalue weighted by Gasteiger charge is -2.38. The molecule has 1 saturated heterocycles. The van der Waals surface area contributed by atoms with E-state index in [1.165, 1.54) is 36.4 Å². The molecule has 0 atom stereocenters. The molecule has 0 bridgehead atoms. The standard InChI is InChI=1S/C21H26N4O2/c1-23-20(26)11-10-19(22-23)16-6-8-17(9-7-16)21(27)25-14-12-24(13-15-25)18-4-2-3-5-18/h6-11,18H,2-5,12-15H2,1H3. The molecule has 0 N–H and O–H groups in total. The van der Waals surface area contributed by atoms with Gasteiger partial charge in [0.25, 0.3) is 11.5 Å². The summed E-state index contributed by atoms with van der Waals surface area (Å²) < 4.78 is 1.32. The monoisotopic (exact) mass is 366 g/mol. The number of hydrogen-bond donors (Lipinski definition) is 0. The minimum absolute atomic E-state index is 0.0982. The summed E-state index contributed by atoms with van der Waals surface area (Å²) in [5, 5.41) is 4.26. The Morgan fingerprint density at radius 1 is 0.963 bits per heavy atom. The van der Waals surface area contributed by atoms with Crippen LogP contribution >= 0.6 is 0 Å². The highest BCUT2D eigenvalue weighted by atomic mass is 16.2. The Bertz CT molecular complexity index is 860. The van der Waals surface area contributed by atoms with Crippen LogP contribution in [0.25, 0.3) is 11.3 Å². The number of carbonyl (C=O) groups excluding carboxylic acids is 1. The highest BCUT2D eigenvalue weighted by molar-refractivity contribution is 5.94. The van der Waals surface area contributed by atoms with Crippen molar-refractivity contribution in [1.29, 1.82) is 0 Å². The molecule has 6 nitrogen and oxygen atoms in total. The van der Waals surface area contributed by atoms with Crippen LogP contribution in [0, 0.1) is 0 Å². The van der Waals surface area contributed by atoms with Crippen LogP contribution < -0.4 is 5.56 Å². The SMILES string of the molecule is Cn1nc(-c2ccc(C(=O)N3CCN(C4CCCC4)CC3)cc2)ccc1=O. The second-order valence-electron chi connectivity index (χ2n) is 7.52. The number of piperazine rings is 1. The van der Waals surface area contributed by atoms with Crippen molar-refractivity contribution in [3.05, 3.63) is 52.3 Å². The molecule has 27 heavy (non-hydrogen) atoms. The van der Waals surface area contributed by atoms with E-state index >= 15 is 0 Å². The van der Waals surface area contributed by atoms with E-state index in [9.17, 15) is 9.59 Å². The molecule has 2 heterocycles. The van der Waals surface area contributed by atoms with Gasteiger partial charge in [-0.3, -0.25) is 14.5 Å². The molecular formula is C21H26N4O2. The Balaban J connectivity index is 1.40. The van der Waals surface area contributed by atoms with Gasteiger partial charge in [-0.05, 0) is 31.0 Å². The van der Waals surface area contributed by atoms with Gasteiger partial charge in [-0.15, -0.1) is 0 Å². The summed E-state index contributed by atoms with van der Waals surface area (Å²) >= 11 is 0. The van der Waals surface area contributed by atoms with Gasteiger partial charge in [0, 0.05) is 56.5 Å². The van der Waals surface area contributed by atoms with Crippen molar-refractivity contribution in [2.45, 2.75) is 31.7 Å². The fraction of sp³-hybridized carbons (Fsp3) is 0.476. The maximum atomic E-state index is 12.8. The van der Waals surface area contributed by atoms with Crippen molar-refractivity contribution in [3.63, 3.8) is 0 Å². The van der Waals surface area contributed by atoms with E-state index in [0.717, 1.165) is 43.5 Å². The number of amides is 1. The van der Waals surface area contributed by atoms with Gasteiger partial charge < -0.3 is 4.90 Å². The lowest BCUT2D eigenvalue weighted by molar-refractivity contribution is 0.0573. The quantitative estimate of drug-likeness (QED) is 0.835. The first-order chi connectivity index (χ1) is 13.1. The van der Waals surface area contributed by atoms with E-state index in [4.69, 9.17) is 0 Å². The average molecular weight is 366 g/mol. The third-order valence-corrected chi connectivity index (χ3v) is 5.83. The van der Waals surface area contributed by atoms with Crippen LogP contribution in [0.1, 0.15) is 36.0 Å². The molecule has 142 valence electrons. The number of nitrogens with zero attached hydrogens (tertiary/aromatic N) is 4. The highest BCUT2D eigenvalue weighted by Gasteiger charge is 2.28. The largest absolute Gasteiger partial charge is 0.336 e. The normalized spacial score (nSPS) is 18.8. The Labute approximate surface area is 159 Å². The zero-order valence-corrected chi connectivity index (χ0v) is 15.8. The summed E-state index contributed by atoms with van der Waals surface area (Å²) in [7, 11) is 1.63. The van der Waals surface area contributed by atoms with Gasteiger partial charge in [-0.1, -0.05) is 25.0 Å². The van der Waals surface area contributed by atoms with Crippen LogP contribution in [-0.2, 0) is 7.05 Å². The molecule has 1 amide bonds. The van der Waals surface area contributed by atoms with Crippen molar-refractivity contribution >= 4 is 5.91 Å². The van der Waals surface area contributed by atoms with Gasteiger partial charge in [0.1, 0.15) is 0 Å². The first-order valence-electron chi connectivity index (χ1n) is 9.80. The molecule has 0 spiro atoms. The smallest absolute Gasteiger partial charge is 0.266 e. The van der Waals surface area contributed by atoms with Crippen LogP contribution in [0.5, 0.6) is 0 Å². The second-order valence-corrected chi connectivity index (χ2v) is 7.52. The maximum absolute atomic E-state index is 12.8. The minimum Gasteiger partial charge on any atom is -0.336 e. The van der Waals surface area contributed by atoms with E-state index in [1.54, 1.807) is 13.1 Å². The number of benzene rings is 1. The average Bonchev–Trinajstić information content (AvgIpc) is 3.25. The third-order valence-electron chi connectivity index (χ3n) is 5.83. The van der Waals surface area contributed by atoms with Crippen LogP contribution in [0.3, 0.4) is 0 Å². The van der Waals surface area contributed by atoms with Crippen LogP contribution in [0.4, 0.5) is 0 Å². The lowest BCUT2D eigenvalue weighted by Crippen LogP contribution is -2.51. The molecule has 2 fully saturated rings. The Kier molecular flexibility index (Phi) is 5.07. The van der Waals surface area contributed by atoms with Crippen LogP contribution in [0.2, 0.25) is 0 Å². The molecule has 1 saturated carbocycles. The lowest BCUT2D eigenvalue weighted by atomic mass is 10.1. The molecule has 4 rings (SSSR count). The highest BCUT2D eigenvalue weighted by Crippen LogP contribution is 2.25. The summed E-state index contributed by atoms with van der Waals surface area (Å²) in [6, 6.07) is 11.5. The fourth-order valence-corrected chi connectivity index (χ4v) is 4.18. The molecule has 0 unspecified atom stereocenters. The Morgan fingerprint density at radius 3 is 2.26 bits per heavy atom. The summed E-state index contributed by atoms with van der Waals surface area (Å²) in [6.07, 6.45) is 5.32. The summed E-state index contributed by atoms with van der Waals surface area (Å²) in [4.78, 5) is 28.8. The van der Waals surface area contributed by atoms with Gasteiger partial charge in [-0.2, -0.15) is 5.10 Å². The molecule has 6 heteroatoms. The van der Waals surface area contributed by atoms with E-state index in [-0.39, 0.29) is 11.5 Å². The van der Waals surface area contributed by atoms with E-state index < -0.39 is 0 Å². The van der Waals surface area contributed by atoms with Gasteiger partial charge in [0.2, 0.25) is 0 Å². The second kappa shape index (κ2) is 7.64. The first kappa shape index (κ1) is 17.9. The molecule has 1 aliphatic heterocycles. The molecule has 1 aromatic heterocycles. The number of aromatic nitrogens is 2. The fourth-order valence-electron chi connectivity index (χ4n) is 4.18. The van der Waals surface area contributed by atoms with Crippen molar-refractivity contribution < 1.29 is 4.79 Å². The predicted molar refractivity (Wildman–Crippen MR) is 105 cm³/mol. The number of carbonyl (C=O) groups is 1. The summed E-state index contributed by atoms with van der Waals surface area (Å²) in [6.45, 7) is 3.58. The zero-order valence-electron chi connectivity index (χ0n) is 15.8. The molecule has 2 aromatic rings. The van der Waals surface area contributed by atoms with E-state index in [2.05, 4.69) is 10.00 Å². The first-order valence-corrected chi connectivity index (χ1v) is 9.80. The van der Waals surface area contributed by atoms with E-state index in [0.29, 0.717) is 5.56 Å². The third kappa shape index (κ3) is 3.81. The number of aryl methyl sites for hydroxylation is 1. The molecule has 1 aromatic carbocycles. The predicted octanol–water partition coefficient (Wildman–Crippen LogP) is 2.15. The van der Waals surface area contributed by atoms with Crippen molar-refractivity contribution in [1.82, 2.24) is 19.6 Å². The molecular weight excluding hydrogens is 340 g/mol. The van der Waals surface area contributed by atoms with Gasteiger partial charge in [0.15, 0.2) is 0 Å². The molecule has 2 aliphatic rings. The van der Waals surface area contributed by atoms with Gasteiger partial charge in [-0.25, -0.2) is 4.68 Å². The van der Waals surface area contributed by atoms with Crippen molar-refractivity contribution in [2.24, 2.45) is 7.05 Å². The summed E-state index contributed by atoms with van der Waals surface area (Å²) in [5.41, 5.74) is 2.19. The van der Waals surface area contributed by atoms with Crippen molar-refractivity contribution in [3.8, 4) is 11.3 Å². The number of hydrogen-bond acceptors (Lipinski definition) is 4. The van der Waals surface area contributed by atoms with E-state index in [1.807, 2.05) is 29.2 Å². The summed E-state index contributed by atoms with van der Waals surface area (Å²) in [5.74, 6) is 0.0982. The zero-order chi connectivity index (χ0) is 18.8. The Hall–Kier alpha value is -2.47. The number of rotatable bonds is 3. The Morgan fingerprint density at radius 2 is 1.63 bits per heavy atom. The van der Waals surface area contributed by atoms with Gasteiger partial charge in [0.05, 0.1) is 5.69 Å². The topological polar surface area (TPSA) is 58.4 Å². The molecule has 0 radical (unpaired) electrons. The van der Waals surface area contributed by atoms with Gasteiger partial charge >= 0.3 is 0 Å². The molecule has 1 aliphatic carbocycles. The van der Waals surface area contributed by atoms with Crippen molar-refractivity contribution in [2.75, 3.05) is 26.2 Å². The van der Waals surface area contributed by atoms with Crippen LogP contribution in [0.15, 0.2) is 41.2 Å². The maximum Gasteiger partial charge on any atom is 0.266 e. The van der Waals surface area contributed by atoms with Crippen LogP contribution in [-0.4, -0.2) is 57.7 Å². The minimum atomic E-state index is -0.137.